The topological polar surface area (TPSA) is 58.0 Å². The van der Waals surface area contributed by atoms with Gasteiger partial charge in [0.05, 0.1) is 5.56 Å². The van der Waals surface area contributed by atoms with E-state index in [4.69, 9.17) is 4.42 Å². The third-order valence-corrected chi connectivity index (χ3v) is 4.85. The lowest BCUT2D eigenvalue weighted by molar-refractivity contribution is -0.121. The van der Waals surface area contributed by atoms with Crippen molar-refractivity contribution < 1.29 is 18.0 Å². The van der Waals surface area contributed by atoms with Gasteiger partial charge in [0.15, 0.2) is 0 Å². The zero-order valence-electron chi connectivity index (χ0n) is 15.7. The van der Waals surface area contributed by atoms with Crippen LogP contribution in [0.15, 0.2) is 65.2 Å². The van der Waals surface area contributed by atoms with E-state index >= 15 is 0 Å². The first-order chi connectivity index (χ1) is 14.1. The van der Waals surface area contributed by atoms with Crippen LogP contribution in [-0.4, -0.2) is 17.4 Å². The third-order valence-electron chi connectivity index (χ3n) is 4.85. The fraction of sp³-hybridized carbons (Fsp3) is 0.174. The molecule has 2 heterocycles. The maximum Gasteiger partial charge on any atom is 0.220 e. The lowest BCUT2D eigenvalue weighted by Crippen LogP contribution is -2.25. The highest BCUT2D eigenvalue weighted by Crippen LogP contribution is 2.25. The van der Waals surface area contributed by atoms with E-state index in [9.17, 15) is 13.6 Å². The summed E-state index contributed by atoms with van der Waals surface area (Å²) in [5.74, 6) is 0.356. The van der Waals surface area contributed by atoms with Gasteiger partial charge in [0, 0.05) is 36.5 Å². The zero-order chi connectivity index (χ0) is 20.2. The molecule has 6 heteroatoms. The van der Waals surface area contributed by atoms with Crippen LogP contribution >= 0.6 is 0 Å². The Labute approximate surface area is 166 Å². The van der Waals surface area contributed by atoms with Crippen LogP contribution in [0, 0.1) is 11.6 Å². The summed E-state index contributed by atoms with van der Waals surface area (Å²) in [6.45, 7) is 0.459. The number of aromatic nitrogens is 1. The van der Waals surface area contributed by atoms with E-state index in [2.05, 4.69) is 10.3 Å². The van der Waals surface area contributed by atoms with Crippen LogP contribution in [0.2, 0.25) is 0 Å². The molecule has 4 rings (SSSR count). The number of rotatable bonds is 7. The summed E-state index contributed by atoms with van der Waals surface area (Å²) in [4.78, 5) is 15.2. The van der Waals surface area contributed by atoms with Crippen LogP contribution in [0.5, 0.6) is 0 Å². The molecule has 0 radical (unpaired) electrons. The molecule has 0 spiro atoms. The summed E-state index contributed by atoms with van der Waals surface area (Å²) < 4.78 is 32.9. The molecule has 2 aromatic carbocycles. The van der Waals surface area contributed by atoms with Crippen molar-refractivity contribution in [3.05, 3.63) is 83.8 Å². The molecule has 0 atom stereocenters. The van der Waals surface area contributed by atoms with Gasteiger partial charge < -0.3 is 14.7 Å². The van der Waals surface area contributed by atoms with E-state index < -0.39 is 0 Å². The van der Waals surface area contributed by atoms with E-state index in [0.29, 0.717) is 36.5 Å². The molecule has 1 amide bonds. The number of nitrogens with one attached hydrogen (secondary N) is 2. The normalized spacial score (nSPS) is 11.1. The van der Waals surface area contributed by atoms with Crippen molar-refractivity contribution in [1.82, 2.24) is 10.3 Å². The molecule has 0 aliphatic heterocycles. The number of H-pyrrole nitrogens is 1. The van der Waals surface area contributed by atoms with E-state index in [0.717, 1.165) is 16.5 Å². The highest BCUT2D eigenvalue weighted by molar-refractivity contribution is 5.83. The van der Waals surface area contributed by atoms with Crippen molar-refractivity contribution in [2.75, 3.05) is 6.54 Å². The number of carbonyl (C=O) groups is 1. The molecular weight excluding hydrogens is 374 g/mol. The molecule has 2 aromatic heterocycles. The van der Waals surface area contributed by atoms with E-state index in [1.165, 1.54) is 18.2 Å². The molecule has 29 heavy (non-hydrogen) atoms. The number of aryl methyl sites for hydroxylation is 1. The summed E-state index contributed by atoms with van der Waals surface area (Å²) >= 11 is 0. The number of benzene rings is 2. The van der Waals surface area contributed by atoms with Crippen molar-refractivity contribution >= 4 is 16.8 Å². The average Bonchev–Trinajstić information content (AvgIpc) is 3.34. The molecule has 0 fully saturated rings. The number of fused-ring (bicyclic) bond motifs is 1. The summed E-state index contributed by atoms with van der Waals surface area (Å²) in [7, 11) is 0. The van der Waals surface area contributed by atoms with Gasteiger partial charge in [0.1, 0.15) is 23.2 Å². The molecule has 0 aliphatic rings. The van der Waals surface area contributed by atoms with Crippen LogP contribution in [0.4, 0.5) is 8.78 Å². The van der Waals surface area contributed by atoms with E-state index in [1.54, 1.807) is 36.4 Å². The highest BCUT2D eigenvalue weighted by Gasteiger charge is 2.11. The molecule has 148 valence electrons. The third kappa shape index (κ3) is 4.37. The Morgan fingerprint density at radius 3 is 2.76 bits per heavy atom. The molecule has 4 nitrogen and oxygen atoms in total. The minimum atomic E-state index is -0.344. The van der Waals surface area contributed by atoms with Gasteiger partial charge in [0.2, 0.25) is 5.91 Å². The van der Waals surface area contributed by atoms with Crippen molar-refractivity contribution in [3.63, 3.8) is 0 Å². The van der Waals surface area contributed by atoms with Gasteiger partial charge in [-0.05, 0) is 54.4 Å². The first-order valence-corrected chi connectivity index (χ1v) is 9.46. The van der Waals surface area contributed by atoms with Crippen LogP contribution < -0.4 is 5.32 Å². The molecule has 0 aliphatic carbocycles. The minimum Gasteiger partial charge on any atom is -0.461 e. The van der Waals surface area contributed by atoms with Gasteiger partial charge in [-0.1, -0.05) is 12.1 Å². The van der Waals surface area contributed by atoms with E-state index in [1.807, 2.05) is 6.20 Å². The van der Waals surface area contributed by atoms with Crippen molar-refractivity contribution in [2.45, 2.75) is 19.3 Å². The Hall–Kier alpha value is -3.41. The zero-order valence-corrected chi connectivity index (χ0v) is 15.7. The first-order valence-electron chi connectivity index (χ1n) is 9.46. The average molecular weight is 394 g/mol. The predicted molar refractivity (Wildman–Crippen MR) is 107 cm³/mol. The summed E-state index contributed by atoms with van der Waals surface area (Å²) in [5, 5.41) is 3.70. The molecule has 0 bridgehead atoms. The Morgan fingerprint density at radius 2 is 1.90 bits per heavy atom. The maximum absolute atomic E-state index is 13.8. The Morgan fingerprint density at radius 1 is 1.03 bits per heavy atom. The van der Waals surface area contributed by atoms with Gasteiger partial charge >= 0.3 is 0 Å². The molecule has 0 saturated heterocycles. The quantitative estimate of drug-likeness (QED) is 0.464. The number of furan rings is 1. The number of halogens is 2. The van der Waals surface area contributed by atoms with Gasteiger partial charge in [-0.2, -0.15) is 0 Å². The molecular formula is C23H20F2N2O2. The number of hydrogen-bond donors (Lipinski definition) is 2. The molecule has 4 aromatic rings. The van der Waals surface area contributed by atoms with Crippen LogP contribution in [-0.2, 0) is 17.6 Å². The Balaban J connectivity index is 1.27. The lowest BCUT2D eigenvalue weighted by atomic mass is 10.1. The first kappa shape index (κ1) is 18.9. The summed E-state index contributed by atoms with van der Waals surface area (Å²) in [5.41, 5.74) is 2.23. The van der Waals surface area contributed by atoms with Gasteiger partial charge in [-0.25, -0.2) is 8.78 Å². The van der Waals surface area contributed by atoms with Crippen molar-refractivity contribution in [2.24, 2.45) is 0 Å². The number of amides is 1. The van der Waals surface area contributed by atoms with Gasteiger partial charge in [-0.15, -0.1) is 0 Å². The van der Waals surface area contributed by atoms with Gasteiger partial charge in [0.25, 0.3) is 0 Å². The fourth-order valence-corrected chi connectivity index (χ4v) is 3.34. The Bertz CT molecular complexity index is 1150. The molecule has 0 saturated carbocycles. The van der Waals surface area contributed by atoms with E-state index in [-0.39, 0.29) is 24.0 Å². The smallest absolute Gasteiger partial charge is 0.220 e. The van der Waals surface area contributed by atoms with Crippen LogP contribution in [0.3, 0.4) is 0 Å². The second-order valence-corrected chi connectivity index (χ2v) is 6.85. The minimum absolute atomic E-state index is 0.0973. The SMILES string of the molecule is O=C(CCc1ccc(-c2ccccc2F)o1)NCCc1c[nH]c2ccc(F)cc12. The fourth-order valence-electron chi connectivity index (χ4n) is 3.34. The molecule has 0 unspecified atom stereocenters. The lowest BCUT2D eigenvalue weighted by Gasteiger charge is -2.04. The van der Waals surface area contributed by atoms with Crippen LogP contribution in [0.25, 0.3) is 22.2 Å². The number of hydrogen-bond acceptors (Lipinski definition) is 2. The molecule has 2 N–H and O–H groups in total. The second-order valence-electron chi connectivity index (χ2n) is 6.85. The van der Waals surface area contributed by atoms with Gasteiger partial charge in [-0.3, -0.25) is 4.79 Å². The highest BCUT2D eigenvalue weighted by atomic mass is 19.1. The second kappa shape index (κ2) is 8.31. The Kier molecular flexibility index (Phi) is 5.42. The van der Waals surface area contributed by atoms with Crippen LogP contribution in [0.1, 0.15) is 17.7 Å². The number of carbonyl (C=O) groups excluding carboxylic acids is 1. The predicted octanol–water partition coefficient (Wildman–Crippen LogP) is 5.00. The van der Waals surface area contributed by atoms with Crippen molar-refractivity contribution in [3.8, 4) is 11.3 Å². The summed E-state index contributed by atoms with van der Waals surface area (Å²) in [6.07, 6.45) is 3.14. The monoisotopic (exact) mass is 394 g/mol. The maximum atomic E-state index is 13.8. The van der Waals surface area contributed by atoms with Crippen molar-refractivity contribution in [1.29, 1.82) is 0 Å². The largest absolute Gasteiger partial charge is 0.461 e. The standard InChI is InChI=1S/C23H20F2N2O2/c24-16-5-8-21-19(13-16)15(14-27-21)11-12-26-23(28)10-7-17-6-9-22(29-17)18-3-1-2-4-20(18)25/h1-6,8-9,13-14,27H,7,10-12H2,(H,26,28). The number of aromatic amines is 1. The summed E-state index contributed by atoms with van der Waals surface area (Å²) in [6, 6.07) is 14.5.